The topological polar surface area (TPSA) is 49.8 Å². The van der Waals surface area contributed by atoms with Gasteiger partial charge in [0.15, 0.2) is 5.16 Å². The lowest BCUT2D eigenvalue weighted by molar-refractivity contribution is 0.929. The van der Waals surface area contributed by atoms with Crippen molar-refractivity contribution in [3.8, 4) is 0 Å². The molecular weight excluding hydrogens is 363 g/mol. The molecule has 1 aromatic carbocycles. The summed E-state index contributed by atoms with van der Waals surface area (Å²) in [6.45, 7) is 2.93. The fraction of sp³-hybridized carbons (Fsp3) is 0.286. The monoisotopic (exact) mass is 376 g/mol. The number of rotatable bonds is 6. The molecule has 1 heterocycles. The number of hydrogen-bond donors (Lipinski definition) is 2. The summed E-state index contributed by atoms with van der Waals surface area (Å²) in [6.07, 6.45) is 2.93. The lowest BCUT2D eigenvalue weighted by atomic mass is 10.3. The van der Waals surface area contributed by atoms with Crippen LogP contribution in [-0.2, 0) is 0 Å². The van der Waals surface area contributed by atoms with Gasteiger partial charge in [-0.25, -0.2) is 9.97 Å². The maximum absolute atomic E-state index is 6.19. The fourth-order valence-electron chi connectivity index (χ4n) is 1.71. The molecule has 22 heavy (non-hydrogen) atoms. The van der Waals surface area contributed by atoms with E-state index in [0.29, 0.717) is 31.7 Å². The largest absolute Gasteiger partial charge is 0.370 e. The zero-order valence-electron chi connectivity index (χ0n) is 12.1. The van der Waals surface area contributed by atoms with Crippen molar-refractivity contribution in [3.05, 3.63) is 33.3 Å². The van der Waals surface area contributed by atoms with E-state index in [-0.39, 0.29) is 0 Å². The second-order valence-corrected chi connectivity index (χ2v) is 6.45. The van der Waals surface area contributed by atoms with Gasteiger partial charge in [-0.05, 0) is 24.8 Å². The number of aromatic nitrogens is 2. The van der Waals surface area contributed by atoms with E-state index < -0.39 is 0 Å². The molecule has 0 aliphatic heterocycles. The van der Waals surface area contributed by atoms with Crippen molar-refractivity contribution in [2.75, 3.05) is 23.4 Å². The lowest BCUT2D eigenvalue weighted by Crippen LogP contribution is -2.05. The average molecular weight is 378 g/mol. The Balaban J connectivity index is 2.32. The Kier molecular flexibility index (Phi) is 6.44. The Hall–Kier alpha value is -0.880. The number of nitrogens with zero attached hydrogens (tertiary/aromatic N) is 2. The van der Waals surface area contributed by atoms with Crippen LogP contribution in [0.2, 0.25) is 15.1 Å². The smallest absolute Gasteiger partial charge is 0.191 e. The Bertz CT molecular complexity index is 644. The standard InChI is InChI=1S/C14H15Cl3N4S/c1-3-4-18-11-7-12(21-14(20-11)22-2)19-13-9(16)5-8(15)6-10(13)17/h5-7H,3-4H2,1-2H3,(H2,18,19,20,21). The summed E-state index contributed by atoms with van der Waals surface area (Å²) in [5.41, 5.74) is 0.569. The molecule has 0 saturated heterocycles. The van der Waals surface area contributed by atoms with Crippen LogP contribution in [0.15, 0.2) is 23.4 Å². The van der Waals surface area contributed by atoms with Crippen LogP contribution in [0.5, 0.6) is 0 Å². The molecule has 1 aromatic heterocycles. The number of thioether (sulfide) groups is 1. The highest BCUT2D eigenvalue weighted by Gasteiger charge is 2.11. The fourth-order valence-corrected chi connectivity index (χ4v) is 3.00. The molecule has 0 bridgehead atoms. The van der Waals surface area contributed by atoms with E-state index in [9.17, 15) is 0 Å². The van der Waals surface area contributed by atoms with Crippen LogP contribution in [0.3, 0.4) is 0 Å². The molecule has 0 fully saturated rings. The number of halogens is 3. The zero-order valence-corrected chi connectivity index (χ0v) is 15.2. The molecule has 4 nitrogen and oxygen atoms in total. The van der Waals surface area contributed by atoms with E-state index in [1.54, 1.807) is 12.1 Å². The number of benzene rings is 1. The Morgan fingerprint density at radius 3 is 2.27 bits per heavy atom. The third-order valence-electron chi connectivity index (χ3n) is 2.70. The first kappa shape index (κ1) is 17.5. The summed E-state index contributed by atoms with van der Waals surface area (Å²) in [6, 6.07) is 5.07. The van der Waals surface area contributed by atoms with Crippen LogP contribution < -0.4 is 10.6 Å². The van der Waals surface area contributed by atoms with Gasteiger partial charge in [-0.1, -0.05) is 53.5 Å². The van der Waals surface area contributed by atoms with Gasteiger partial charge in [-0.2, -0.15) is 0 Å². The summed E-state index contributed by atoms with van der Waals surface area (Å²) >= 11 is 19.8. The third-order valence-corrected chi connectivity index (χ3v) is 4.07. The molecule has 0 atom stereocenters. The highest BCUT2D eigenvalue weighted by atomic mass is 35.5. The lowest BCUT2D eigenvalue weighted by Gasteiger charge is -2.12. The van der Waals surface area contributed by atoms with Gasteiger partial charge >= 0.3 is 0 Å². The molecule has 2 N–H and O–H groups in total. The highest BCUT2D eigenvalue weighted by molar-refractivity contribution is 7.98. The Morgan fingerprint density at radius 2 is 1.68 bits per heavy atom. The zero-order chi connectivity index (χ0) is 16.1. The average Bonchev–Trinajstić information content (AvgIpc) is 2.48. The van der Waals surface area contributed by atoms with E-state index in [1.807, 2.05) is 12.3 Å². The summed E-state index contributed by atoms with van der Waals surface area (Å²) in [5, 5.41) is 8.39. The van der Waals surface area contributed by atoms with Crippen molar-refractivity contribution in [1.82, 2.24) is 9.97 Å². The van der Waals surface area contributed by atoms with Gasteiger partial charge in [0.25, 0.3) is 0 Å². The van der Waals surface area contributed by atoms with Crippen LogP contribution in [0.1, 0.15) is 13.3 Å². The molecule has 8 heteroatoms. The van der Waals surface area contributed by atoms with Crippen LogP contribution in [0.25, 0.3) is 0 Å². The van der Waals surface area contributed by atoms with Crippen molar-refractivity contribution in [2.45, 2.75) is 18.5 Å². The summed E-state index contributed by atoms with van der Waals surface area (Å²) in [5.74, 6) is 1.37. The van der Waals surface area contributed by atoms with Crippen molar-refractivity contribution in [2.24, 2.45) is 0 Å². The minimum atomic E-state index is 0.435. The maximum Gasteiger partial charge on any atom is 0.191 e. The molecule has 0 unspecified atom stereocenters. The second kappa shape index (κ2) is 8.11. The minimum Gasteiger partial charge on any atom is -0.370 e. The van der Waals surface area contributed by atoms with Crippen LogP contribution in [-0.4, -0.2) is 22.8 Å². The van der Waals surface area contributed by atoms with E-state index in [1.165, 1.54) is 11.8 Å². The molecule has 0 aliphatic rings. The predicted octanol–water partition coefficient (Wildman–Crippen LogP) is 5.72. The van der Waals surface area contributed by atoms with E-state index in [2.05, 4.69) is 27.5 Å². The van der Waals surface area contributed by atoms with Gasteiger partial charge in [0, 0.05) is 17.6 Å². The first-order chi connectivity index (χ1) is 10.5. The van der Waals surface area contributed by atoms with Gasteiger partial charge in [-0.3, -0.25) is 0 Å². The molecule has 0 spiro atoms. The summed E-state index contributed by atoms with van der Waals surface area (Å²) in [4.78, 5) is 8.81. The molecule has 0 aliphatic carbocycles. The quantitative estimate of drug-likeness (QED) is 0.497. The summed E-state index contributed by atoms with van der Waals surface area (Å²) in [7, 11) is 0. The van der Waals surface area contributed by atoms with Crippen molar-refractivity contribution >= 4 is 63.9 Å². The summed E-state index contributed by atoms with van der Waals surface area (Å²) < 4.78 is 0. The minimum absolute atomic E-state index is 0.435. The normalized spacial score (nSPS) is 10.6. The first-order valence-electron chi connectivity index (χ1n) is 6.62. The van der Waals surface area contributed by atoms with Crippen molar-refractivity contribution < 1.29 is 0 Å². The molecule has 0 saturated carbocycles. The highest BCUT2D eigenvalue weighted by Crippen LogP contribution is 2.35. The van der Waals surface area contributed by atoms with Gasteiger partial charge < -0.3 is 10.6 Å². The number of nitrogens with one attached hydrogen (secondary N) is 2. The molecule has 2 aromatic rings. The van der Waals surface area contributed by atoms with Gasteiger partial charge in [0.2, 0.25) is 0 Å². The number of anilines is 3. The molecule has 2 rings (SSSR count). The first-order valence-corrected chi connectivity index (χ1v) is 8.98. The third kappa shape index (κ3) is 4.56. The second-order valence-electron chi connectivity index (χ2n) is 4.42. The van der Waals surface area contributed by atoms with E-state index >= 15 is 0 Å². The van der Waals surface area contributed by atoms with Crippen molar-refractivity contribution in [1.29, 1.82) is 0 Å². The van der Waals surface area contributed by atoms with Crippen LogP contribution in [0.4, 0.5) is 17.3 Å². The van der Waals surface area contributed by atoms with Crippen molar-refractivity contribution in [3.63, 3.8) is 0 Å². The SMILES string of the molecule is CCCNc1cc(Nc2c(Cl)cc(Cl)cc2Cl)nc(SC)n1. The Labute approximate surface area is 149 Å². The van der Waals surface area contributed by atoms with Crippen LogP contribution in [0, 0.1) is 0 Å². The predicted molar refractivity (Wildman–Crippen MR) is 97.3 cm³/mol. The van der Waals surface area contributed by atoms with E-state index in [0.717, 1.165) is 18.8 Å². The maximum atomic E-state index is 6.19. The van der Waals surface area contributed by atoms with Crippen LogP contribution >= 0.6 is 46.6 Å². The van der Waals surface area contributed by atoms with E-state index in [4.69, 9.17) is 34.8 Å². The molecule has 0 radical (unpaired) electrons. The number of hydrogen-bond acceptors (Lipinski definition) is 5. The molecular formula is C14H15Cl3N4S. The Morgan fingerprint density at radius 1 is 1.05 bits per heavy atom. The van der Waals surface area contributed by atoms with Gasteiger partial charge in [0.05, 0.1) is 15.7 Å². The van der Waals surface area contributed by atoms with Gasteiger partial charge in [0.1, 0.15) is 11.6 Å². The molecule has 0 amide bonds. The van der Waals surface area contributed by atoms with Gasteiger partial charge in [-0.15, -0.1) is 0 Å². The molecule has 118 valence electrons.